The molecule has 26 heavy (non-hydrogen) atoms. The van der Waals surface area contributed by atoms with Crippen molar-refractivity contribution in [1.82, 2.24) is 0 Å². The maximum Gasteiger partial charge on any atom is 0.217 e. The molecule has 0 unspecified atom stereocenters. The number of nitrogens with zero attached hydrogens (tertiary/aromatic N) is 3. The summed E-state index contributed by atoms with van der Waals surface area (Å²) in [5.74, 6) is -1.64. The van der Waals surface area contributed by atoms with Gasteiger partial charge in [-0.3, -0.25) is 5.41 Å². The van der Waals surface area contributed by atoms with Gasteiger partial charge in [-0.25, -0.2) is 0 Å². The fourth-order valence-electron chi connectivity index (χ4n) is 4.12. The number of hydrogen-bond acceptors (Lipinski definition) is 7. The van der Waals surface area contributed by atoms with Crippen LogP contribution in [0, 0.1) is 56.2 Å². The summed E-state index contributed by atoms with van der Waals surface area (Å²) in [6, 6.07) is 12.9. The van der Waals surface area contributed by atoms with Crippen molar-refractivity contribution in [2.24, 2.45) is 16.7 Å². The van der Waals surface area contributed by atoms with Gasteiger partial charge >= 0.3 is 0 Å². The van der Waals surface area contributed by atoms with Gasteiger partial charge in [0.25, 0.3) is 0 Å². The van der Waals surface area contributed by atoms with Crippen LogP contribution in [0.2, 0.25) is 0 Å². The van der Waals surface area contributed by atoms with E-state index in [-0.39, 0.29) is 5.90 Å². The summed E-state index contributed by atoms with van der Waals surface area (Å²) in [5, 5.41) is 38.3. The number of methoxy groups -OCH3 is 1. The molecule has 0 spiro atoms. The third-order valence-electron chi connectivity index (χ3n) is 5.72. The summed E-state index contributed by atoms with van der Waals surface area (Å²) in [5.41, 5.74) is -3.08. The lowest BCUT2D eigenvalue weighted by Crippen LogP contribution is -2.58. The Morgan fingerprint density at radius 2 is 1.77 bits per heavy atom. The molecule has 132 valence electrons. The van der Waals surface area contributed by atoms with Crippen LogP contribution in [-0.2, 0) is 9.47 Å². The Balaban J connectivity index is 2.28. The highest BCUT2D eigenvalue weighted by atomic mass is 16.7. The lowest BCUT2D eigenvalue weighted by molar-refractivity contribution is -0.280. The summed E-state index contributed by atoms with van der Waals surface area (Å²) in [7, 11) is 1.54. The van der Waals surface area contributed by atoms with Gasteiger partial charge in [0.05, 0.1) is 31.2 Å². The Labute approximate surface area is 151 Å². The normalized spacial score (nSPS) is 34.1. The molecule has 1 N–H and O–H groups in total. The fourth-order valence-corrected chi connectivity index (χ4v) is 4.12. The minimum Gasteiger partial charge on any atom is -0.497 e. The number of nitrogens with one attached hydrogen (secondary N) is 1. The van der Waals surface area contributed by atoms with Crippen LogP contribution in [0.25, 0.3) is 0 Å². The average molecular weight is 350 g/mol. The molecule has 4 atom stereocenters. The molecule has 2 fully saturated rings. The van der Waals surface area contributed by atoms with E-state index in [9.17, 15) is 15.8 Å². The summed E-state index contributed by atoms with van der Waals surface area (Å²) in [4.78, 5) is 0. The standard InChI is InChI=1S/C19H18N4O3/c1-4-19-12(2)18(11-22,16(23)26-19)17(9-20,10-21)15(25-19)13-5-7-14(24-3)8-6-13/h5-8,12,15,23H,4H2,1-3H3/t12-,15+,18+,19+/m0/s1. The van der Waals surface area contributed by atoms with Crippen molar-refractivity contribution in [2.45, 2.75) is 32.2 Å². The highest BCUT2D eigenvalue weighted by Gasteiger charge is 2.78. The van der Waals surface area contributed by atoms with Crippen molar-refractivity contribution in [3.8, 4) is 24.0 Å². The second-order valence-corrected chi connectivity index (χ2v) is 6.54. The van der Waals surface area contributed by atoms with E-state index >= 15 is 0 Å². The minimum atomic E-state index is -1.91. The molecule has 0 radical (unpaired) electrons. The van der Waals surface area contributed by atoms with Gasteiger partial charge in [0.2, 0.25) is 17.1 Å². The van der Waals surface area contributed by atoms with E-state index in [1.54, 1.807) is 31.2 Å². The van der Waals surface area contributed by atoms with Gasteiger partial charge in [0, 0.05) is 6.42 Å². The minimum absolute atomic E-state index is 0.375. The molecule has 0 aromatic heterocycles. The molecular formula is C19H18N4O3. The van der Waals surface area contributed by atoms with Gasteiger partial charge in [-0.1, -0.05) is 26.0 Å². The second kappa shape index (κ2) is 5.73. The maximum atomic E-state index is 10.0. The van der Waals surface area contributed by atoms with Gasteiger partial charge in [-0.15, -0.1) is 0 Å². The van der Waals surface area contributed by atoms with Crippen LogP contribution in [0.1, 0.15) is 31.9 Å². The van der Waals surface area contributed by atoms with Crippen molar-refractivity contribution in [3.05, 3.63) is 29.8 Å². The van der Waals surface area contributed by atoms with Gasteiger partial charge in [-0.2, -0.15) is 15.8 Å². The molecule has 7 nitrogen and oxygen atoms in total. The molecule has 0 aliphatic carbocycles. The molecule has 3 rings (SSSR count). The number of hydrogen-bond donors (Lipinski definition) is 1. The predicted octanol–water partition coefficient (Wildman–Crippen LogP) is 3.06. The third kappa shape index (κ3) is 1.80. The predicted molar refractivity (Wildman–Crippen MR) is 89.5 cm³/mol. The summed E-state index contributed by atoms with van der Waals surface area (Å²) in [6.45, 7) is 3.52. The maximum absolute atomic E-state index is 10.0. The van der Waals surface area contributed by atoms with Crippen LogP contribution in [-0.4, -0.2) is 18.8 Å². The van der Waals surface area contributed by atoms with E-state index in [0.717, 1.165) is 0 Å². The lowest BCUT2D eigenvalue weighted by atomic mass is 9.53. The summed E-state index contributed by atoms with van der Waals surface area (Å²) in [6.07, 6.45) is -0.665. The number of rotatable bonds is 3. The van der Waals surface area contributed by atoms with Crippen LogP contribution in [0.3, 0.4) is 0 Å². The monoisotopic (exact) mass is 350 g/mol. The average Bonchev–Trinajstić information content (AvgIpc) is 2.84. The van der Waals surface area contributed by atoms with Gasteiger partial charge in [0.1, 0.15) is 11.9 Å². The van der Waals surface area contributed by atoms with E-state index < -0.39 is 28.6 Å². The highest BCUT2D eigenvalue weighted by molar-refractivity contribution is 5.89. The molecular weight excluding hydrogens is 332 g/mol. The van der Waals surface area contributed by atoms with Crippen LogP contribution in [0.5, 0.6) is 5.75 Å². The fraction of sp³-hybridized carbons (Fsp3) is 0.474. The van der Waals surface area contributed by atoms with Crippen molar-refractivity contribution in [2.75, 3.05) is 7.11 Å². The van der Waals surface area contributed by atoms with Crippen LogP contribution in [0.15, 0.2) is 24.3 Å². The van der Waals surface area contributed by atoms with Gasteiger partial charge in [-0.05, 0) is 17.7 Å². The molecule has 2 bridgehead atoms. The molecule has 2 saturated heterocycles. The molecule has 0 saturated carbocycles. The SMILES string of the molecule is CC[C@@]12OC(=N)[C@@](C#N)([C@@H]1C)C(C#N)(C#N)[C@@H](c1ccc(OC)cc1)O2. The smallest absolute Gasteiger partial charge is 0.217 e. The highest BCUT2D eigenvalue weighted by Crippen LogP contribution is 2.66. The Morgan fingerprint density at radius 1 is 1.15 bits per heavy atom. The quantitative estimate of drug-likeness (QED) is 0.893. The molecule has 2 aliphatic heterocycles. The molecule has 0 amide bonds. The van der Waals surface area contributed by atoms with Crippen molar-refractivity contribution in [1.29, 1.82) is 21.2 Å². The zero-order chi connectivity index (χ0) is 19.2. The van der Waals surface area contributed by atoms with Gasteiger partial charge in [0.15, 0.2) is 5.41 Å². The molecule has 2 heterocycles. The summed E-state index contributed by atoms with van der Waals surface area (Å²) >= 11 is 0. The first-order valence-corrected chi connectivity index (χ1v) is 8.25. The lowest BCUT2D eigenvalue weighted by Gasteiger charge is -2.48. The van der Waals surface area contributed by atoms with Crippen molar-refractivity contribution >= 4 is 5.90 Å². The first kappa shape index (κ1) is 17.7. The zero-order valence-corrected chi connectivity index (χ0v) is 14.7. The van der Waals surface area contributed by atoms with E-state index in [0.29, 0.717) is 17.7 Å². The Morgan fingerprint density at radius 3 is 2.23 bits per heavy atom. The number of ether oxygens (including phenoxy) is 3. The molecule has 1 aromatic rings. The number of fused-ring (bicyclic) bond motifs is 2. The first-order valence-electron chi connectivity index (χ1n) is 8.25. The largest absolute Gasteiger partial charge is 0.497 e. The van der Waals surface area contributed by atoms with E-state index in [1.807, 2.05) is 19.1 Å². The molecule has 7 heteroatoms. The van der Waals surface area contributed by atoms with E-state index in [2.05, 4.69) is 6.07 Å². The first-order chi connectivity index (χ1) is 12.4. The number of nitriles is 3. The van der Waals surface area contributed by atoms with Crippen LogP contribution >= 0.6 is 0 Å². The topological polar surface area (TPSA) is 123 Å². The van der Waals surface area contributed by atoms with E-state index in [1.165, 1.54) is 7.11 Å². The number of benzene rings is 1. The van der Waals surface area contributed by atoms with Crippen LogP contribution in [0.4, 0.5) is 0 Å². The Bertz CT molecular complexity index is 862. The Hall–Kier alpha value is -3.08. The molecule has 2 aliphatic rings. The summed E-state index contributed by atoms with van der Waals surface area (Å²) < 4.78 is 17.0. The van der Waals surface area contributed by atoms with Crippen LogP contribution < -0.4 is 4.74 Å². The molecule has 1 aromatic carbocycles. The third-order valence-corrected chi connectivity index (χ3v) is 5.72. The van der Waals surface area contributed by atoms with Crippen molar-refractivity contribution in [3.63, 3.8) is 0 Å². The Kier molecular flexibility index (Phi) is 3.91. The van der Waals surface area contributed by atoms with E-state index in [4.69, 9.17) is 19.6 Å². The van der Waals surface area contributed by atoms with Gasteiger partial charge < -0.3 is 14.2 Å². The van der Waals surface area contributed by atoms with Crippen molar-refractivity contribution < 1.29 is 14.2 Å². The second-order valence-electron chi connectivity index (χ2n) is 6.54. The zero-order valence-electron chi connectivity index (χ0n) is 14.7.